The van der Waals surface area contributed by atoms with Crippen LogP contribution in [0.3, 0.4) is 0 Å². The summed E-state index contributed by atoms with van der Waals surface area (Å²) in [7, 11) is 3.04. The average molecular weight is 311 g/mol. The largest absolute Gasteiger partial charge is 0.489 e. The second-order valence-electron chi connectivity index (χ2n) is 4.50. The van der Waals surface area contributed by atoms with Crippen molar-refractivity contribution in [3.63, 3.8) is 0 Å². The van der Waals surface area contributed by atoms with Crippen molar-refractivity contribution in [2.24, 2.45) is 0 Å². The van der Waals surface area contributed by atoms with Gasteiger partial charge in [-0.25, -0.2) is 0 Å². The number of hydrogen-bond donors (Lipinski definition) is 2. The number of rotatable bonds is 7. The van der Waals surface area contributed by atoms with Gasteiger partial charge in [0, 0.05) is 12.6 Å². The third-order valence-electron chi connectivity index (χ3n) is 2.65. The SMILES string of the molecule is CN/C(OC)=C(/C=O)C(=N)c1ccc(OC(C)C)c(Cl)c1. The Balaban J connectivity index is 3.16. The number of halogens is 1. The summed E-state index contributed by atoms with van der Waals surface area (Å²) < 4.78 is 10.6. The van der Waals surface area contributed by atoms with Crippen LogP contribution in [0.2, 0.25) is 5.02 Å². The molecule has 6 heteroatoms. The van der Waals surface area contributed by atoms with Crippen LogP contribution < -0.4 is 10.1 Å². The second kappa shape index (κ2) is 7.69. The first-order valence-electron chi connectivity index (χ1n) is 6.41. The van der Waals surface area contributed by atoms with E-state index in [1.165, 1.54) is 7.11 Å². The van der Waals surface area contributed by atoms with Crippen molar-refractivity contribution >= 4 is 23.6 Å². The van der Waals surface area contributed by atoms with Crippen LogP contribution in [0.1, 0.15) is 19.4 Å². The van der Waals surface area contributed by atoms with E-state index in [1.54, 1.807) is 25.2 Å². The van der Waals surface area contributed by atoms with Crippen molar-refractivity contribution in [2.75, 3.05) is 14.2 Å². The first-order chi connectivity index (χ1) is 9.94. The molecule has 114 valence electrons. The maximum Gasteiger partial charge on any atom is 0.199 e. The number of methoxy groups -OCH3 is 1. The number of ether oxygens (including phenoxy) is 2. The predicted molar refractivity (Wildman–Crippen MR) is 83.2 cm³/mol. The predicted octanol–water partition coefficient (Wildman–Crippen LogP) is 2.77. The highest BCUT2D eigenvalue weighted by atomic mass is 35.5. The van der Waals surface area contributed by atoms with E-state index in [2.05, 4.69) is 5.32 Å². The van der Waals surface area contributed by atoms with Crippen LogP contribution in [-0.4, -0.2) is 32.3 Å². The topological polar surface area (TPSA) is 71.4 Å². The van der Waals surface area contributed by atoms with E-state index >= 15 is 0 Å². The summed E-state index contributed by atoms with van der Waals surface area (Å²) in [6.45, 7) is 3.80. The van der Waals surface area contributed by atoms with Gasteiger partial charge in [0.2, 0.25) is 0 Å². The lowest BCUT2D eigenvalue weighted by Crippen LogP contribution is -2.17. The lowest BCUT2D eigenvalue weighted by molar-refractivity contribution is -0.104. The lowest BCUT2D eigenvalue weighted by Gasteiger charge is -2.14. The molecule has 0 aliphatic rings. The molecule has 0 bridgehead atoms. The normalized spacial score (nSPS) is 11.7. The van der Waals surface area contributed by atoms with Gasteiger partial charge in [-0.15, -0.1) is 0 Å². The van der Waals surface area contributed by atoms with Crippen LogP contribution >= 0.6 is 11.6 Å². The molecule has 0 radical (unpaired) electrons. The highest BCUT2D eigenvalue weighted by molar-refractivity contribution is 6.33. The molecule has 0 unspecified atom stereocenters. The zero-order valence-corrected chi connectivity index (χ0v) is 13.2. The summed E-state index contributed by atoms with van der Waals surface area (Å²) in [6.07, 6.45) is 0.576. The molecule has 0 atom stereocenters. The van der Waals surface area contributed by atoms with Gasteiger partial charge in [0.05, 0.1) is 29.5 Å². The van der Waals surface area contributed by atoms with Crippen LogP contribution in [0.4, 0.5) is 0 Å². The molecule has 0 amide bonds. The molecule has 0 saturated heterocycles. The zero-order valence-electron chi connectivity index (χ0n) is 12.5. The number of carbonyl (C=O) groups excluding carboxylic acids is 1. The van der Waals surface area contributed by atoms with Crippen molar-refractivity contribution < 1.29 is 14.3 Å². The van der Waals surface area contributed by atoms with Crippen LogP contribution in [-0.2, 0) is 9.53 Å². The summed E-state index contributed by atoms with van der Waals surface area (Å²) in [5.74, 6) is 0.772. The quantitative estimate of drug-likeness (QED) is 0.351. The van der Waals surface area contributed by atoms with Crippen LogP contribution in [0.15, 0.2) is 29.7 Å². The zero-order chi connectivity index (χ0) is 16.0. The van der Waals surface area contributed by atoms with Crippen LogP contribution in [0.5, 0.6) is 5.75 Å². The Morgan fingerprint density at radius 2 is 2.10 bits per heavy atom. The second-order valence-corrected chi connectivity index (χ2v) is 4.91. The highest BCUT2D eigenvalue weighted by Gasteiger charge is 2.15. The lowest BCUT2D eigenvalue weighted by atomic mass is 10.0. The van der Waals surface area contributed by atoms with E-state index in [-0.39, 0.29) is 23.3 Å². The van der Waals surface area contributed by atoms with Gasteiger partial charge >= 0.3 is 0 Å². The molecule has 2 N–H and O–H groups in total. The molecular weight excluding hydrogens is 292 g/mol. The molecule has 1 rings (SSSR count). The fourth-order valence-electron chi connectivity index (χ4n) is 1.73. The molecule has 0 heterocycles. The number of aldehydes is 1. The monoisotopic (exact) mass is 310 g/mol. The number of carbonyl (C=O) groups is 1. The van der Waals surface area contributed by atoms with Gasteiger partial charge in [-0.1, -0.05) is 11.6 Å². The Hall–Kier alpha value is -2.01. The smallest absolute Gasteiger partial charge is 0.199 e. The van der Waals surface area contributed by atoms with Gasteiger partial charge in [-0.2, -0.15) is 0 Å². The molecule has 0 fully saturated rings. The average Bonchev–Trinajstić information content (AvgIpc) is 2.45. The van der Waals surface area contributed by atoms with Crippen molar-refractivity contribution in [3.8, 4) is 5.75 Å². The Morgan fingerprint density at radius 1 is 1.43 bits per heavy atom. The minimum atomic E-state index is 0.00242. The van der Waals surface area contributed by atoms with E-state index in [0.29, 0.717) is 22.6 Å². The third kappa shape index (κ3) is 4.23. The van der Waals surface area contributed by atoms with E-state index in [9.17, 15) is 4.79 Å². The Kier molecular flexibility index (Phi) is 6.24. The van der Waals surface area contributed by atoms with Crippen LogP contribution in [0, 0.1) is 5.41 Å². The van der Waals surface area contributed by atoms with Crippen molar-refractivity contribution in [1.82, 2.24) is 5.32 Å². The van der Waals surface area contributed by atoms with E-state index in [0.717, 1.165) is 0 Å². The first kappa shape index (κ1) is 17.0. The van der Waals surface area contributed by atoms with E-state index in [4.69, 9.17) is 26.5 Å². The Morgan fingerprint density at radius 3 is 2.52 bits per heavy atom. The van der Waals surface area contributed by atoms with Gasteiger partial charge in [0.1, 0.15) is 5.75 Å². The highest BCUT2D eigenvalue weighted by Crippen LogP contribution is 2.27. The summed E-state index contributed by atoms with van der Waals surface area (Å²) in [4.78, 5) is 11.2. The molecule has 5 nitrogen and oxygen atoms in total. The molecule has 0 aliphatic heterocycles. The fourth-order valence-corrected chi connectivity index (χ4v) is 1.96. The summed E-state index contributed by atoms with van der Waals surface area (Å²) in [6, 6.07) is 4.95. The van der Waals surface area contributed by atoms with Gasteiger partial charge in [-0.05, 0) is 32.0 Å². The molecule has 21 heavy (non-hydrogen) atoms. The first-order valence-corrected chi connectivity index (χ1v) is 6.79. The number of benzene rings is 1. The summed E-state index contributed by atoms with van der Waals surface area (Å²) >= 11 is 6.14. The van der Waals surface area contributed by atoms with Gasteiger partial charge in [0.25, 0.3) is 0 Å². The van der Waals surface area contributed by atoms with Crippen molar-refractivity contribution in [1.29, 1.82) is 5.41 Å². The molecule has 0 aromatic heterocycles. The van der Waals surface area contributed by atoms with Gasteiger partial charge in [0.15, 0.2) is 12.2 Å². The summed E-state index contributed by atoms with van der Waals surface area (Å²) in [5, 5.41) is 11.2. The third-order valence-corrected chi connectivity index (χ3v) is 2.94. The Bertz CT molecular complexity index is 562. The van der Waals surface area contributed by atoms with Crippen molar-refractivity contribution in [2.45, 2.75) is 20.0 Å². The maximum absolute atomic E-state index is 11.2. The van der Waals surface area contributed by atoms with Crippen LogP contribution in [0.25, 0.3) is 0 Å². The molecule has 0 spiro atoms. The molecule has 0 saturated carbocycles. The standard InChI is InChI=1S/C15H19ClN2O3/c1-9(2)21-13-6-5-10(7-12(13)16)14(17)11(8-19)15(18-3)20-4/h5-9,17-18H,1-4H3/b15-11+,17-14?. The summed E-state index contributed by atoms with van der Waals surface area (Å²) in [5.41, 5.74) is 0.644. The maximum atomic E-state index is 11.2. The minimum absolute atomic E-state index is 0.00242. The van der Waals surface area contributed by atoms with Gasteiger partial charge in [-0.3, -0.25) is 10.2 Å². The van der Waals surface area contributed by atoms with E-state index < -0.39 is 0 Å². The number of nitrogens with one attached hydrogen (secondary N) is 2. The molecule has 0 aliphatic carbocycles. The fraction of sp³-hybridized carbons (Fsp3) is 0.333. The van der Waals surface area contributed by atoms with Crippen molar-refractivity contribution in [3.05, 3.63) is 40.2 Å². The number of hydrogen-bond acceptors (Lipinski definition) is 5. The minimum Gasteiger partial charge on any atom is -0.489 e. The molecule has 1 aromatic rings. The number of allylic oxidation sites excluding steroid dienone is 1. The van der Waals surface area contributed by atoms with Gasteiger partial charge < -0.3 is 14.8 Å². The molecule has 1 aromatic carbocycles. The van der Waals surface area contributed by atoms with E-state index in [1.807, 2.05) is 13.8 Å². The molecular formula is C15H19ClN2O3. The Labute approximate surface area is 129 Å².